The van der Waals surface area contributed by atoms with E-state index >= 15 is 0 Å². The SMILES string of the molecule is NS(=O)(=O)c1cc(F)ccc1OCCC1CC1. The molecule has 94 valence electrons. The number of halogens is 1. The van der Waals surface area contributed by atoms with Crippen molar-refractivity contribution in [2.24, 2.45) is 11.1 Å². The molecule has 0 amide bonds. The van der Waals surface area contributed by atoms with Gasteiger partial charge in [0.25, 0.3) is 0 Å². The molecule has 0 unspecified atom stereocenters. The number of rotatable bonds is 5. The zero-order valence-electron chi connectivity index (χ0n) is 9.23. The lowest BCUT2D eigenvalue weighted by Gasteiger charge is -2.09. The van der Waals surface area contributed by atoms with Gasteiger partial charge in [-0.1, -0.05) is 12.8 Å². The molecular formula is C11H14FNO3S. The molecule has 2 rings (SSSR count). The van der Waals surface area contributed by atoms with Crippen molar-refractivity contribution < 1.29 is 17.5 Å². The zero-order chi connectivity index (χ0) is 12.5. The second-order valence-electron chi connectivity index (χ2n) is 4.22. The first-order chi connectivity index (χ1) is 7.97. The average Bonchev–Trinajstić information content (AvgIpc) is 3.02. The van der Waals surface area contributed by atoms with E-state index in [0.717, 1.165) is 18.6 Å². The minimum Gasteiger partial charge on any atom is -0.492 e. The average molecular weight is 259 g/mol. The molecule has 0 bridgehead atoms. The predicted molar refractivity (Wildman–Crippen MR) is 60.6 cm³/mol. The van der Waals surface area contributed by atoms with Crippen molar-refractivity contribution in [1.29, 1.82) is 0 Å². The van der Waals surface area contributed by atoms with E-state index < -0.39 is 15.8 Å². The van der Waals surface area contributed by atoms with E-state index in [0.29, 0.717) is 12.5 Å². The molecule has 0 radical (unpaired) electrons. The van der Waals surface area contributed by atoms with Crippen molar-refractivity contribution in [3.05, 3.63) is 24.0 Å². The second-order valence-corrected chi connectivity index (χ2v) is 5.75. The molecule has 1 aromatic rings. The van der Waals surface area contributed by atoms with Gasteiger partial charge in [-0.3, -0.25) is 0 Å². The monoisotopic (exact) mass is 259 g/mol. The van der Waals surface area contributed by atoms with Gasteiger partial charge in [0.1, 0.15) is 16.5 Å². The normalized spacial score (nSPS) is 15.9. The van der Waals surface area contributed by atoms with Crippen molar-refractivity contribution in [2.75, 3.05) is 6.61 Å². The van der Waals surface area contributed by atoms with Gasteiger partial charge >= 0.3 is 0 Å². The molecule has 17 heavy (non-hydrogen) atoms. The van der Waals surface area contributed by atoms with E-state index in [-0.39, 0.29) is 10.6 Å². The zero-order valence-corrected chi connectivity index (χ0v) is 10.0. The van der Waals surface area contributed by atoms with Crippen LogP contribution in [0.1, 0.15) is 19.3 Å². The van der Waals surface area contributed by atoms with Gasteiger partial charge < -0.3 is 4.74 Å². The van der Waals surface area contributed by atoms with Crippen LogP contribution < -0.4 is 9.88 Å². The molecule has 0 heterocycles. The minimum atomic E-state index is -3.96. The number of ether oxygens (including phenoxy) is 1. The molecular weight excluding hydrogens is 245 g/mol. The Morgan fingerprint density at radius 1 is 1.41 bits per heavy atom. The molecule has 0 saturated heterocycles. The highest BCUT2D eigenvalue weighted by atomic mass is 32.2. The lowest BCUT2D eigenvalue weighted by molar-refractivity contribution is 0.294. The van der Waals surface area contributed by atoms with E-state index in [1.165, 1.54) is 18.9 Å². The van der Waals surface area contributed by atoms with E-state index in [1.807, 2.05) is 0 Å². The van der Waals surface area contributed by atoms with Crippen molar-refractivity contribution in [1.82, 2.24) is 0 Å². The van der Waals surface area contributed by atoms with Crippen LogP contribution in [0.25, 0.3) is 0 Å². The van der Waals surface area contributed by atoms with Gasteiger partial charge in [0.15, 0.2) is 0 Å². The summed E-state index contributed by atoms with van der Waals surface area (Å²) in [4.78, 5) is -0.298. The van der Waals surface area contributed by atoms with Crippen LogP contribution in [-0.2, 0) is 10.0 Å². The Labute approximate surface area is 99.6 Å². The number of benzene rings is 1. The van der Waals surface area contributed by atoms with Gasteiger partial charge in [-0.15, -0.1) is 0 Å². The summed E-state index contributed by atoms with van der Waals surface area (Å²) in [6.07, 6.45) is 3.30. The Bertz CT molecular complexity index is 511. The van der Waals surface area contributed by atoms with E-state index in [1.54, 1.807) is 0 Å². The summed E-state index contributed by atoms with van der Waals surface area (Å²) in [5.41, 5.74) is 0. The molecule has 1 aromatic carbocycles. The van der Waals surface area contributed by atoms with E-state index in [2.05, 4.69) is 0 Å². The van der Waals surface area contributed by atoms with Crippen LogP contribution in [0, 0.1) is 11.7 Å². The number of hydrogen-bond acceptors (Lipinski definition) is 3. The predicted octanol–water partition coefficient (Wildman–Crippen LogP) is 1.65. The maximum absolute atomic E-state index is 13.0. The fourth-order valence-electron chi connectivity index (χ4n) is 1.57. The molecule has 0 aliphatic heterocycles. The maximum atomic E-state index is 13.0. The summed E-state index contributed by atoms with van der Waals surface area (Å²) < 4.78 is 40.8. The quantitative estimate of drug-likeness (QED) is 0.874. The van der Waals surface area contributed by atoms with Crippen LogP contribution in [0.5, 0.6) is 5.75 Å². The Morgan fingerprint density at radius 3 is 2.71 bits per heavy atom. The summed E-state index contributed by atoms with van der Waals surface area (Å²) in [6.45, 7) is 0.429. The van der Waals surface area contributed by atoms with Gasteiger partial charge in [0, 0.05) is 0 Å². The van der Waals surface area contributed by atoms with Crippen LogP contribution in [-0.4, -0.2) is 15.0 Å². The highest BCUT2D eigenvalue weighted by molar-refractivity contribution is 7.89. The lowest BCUT2D eigenvalue weighted by atomic mass is 10.3. The molecule has 1 aliphatic rings. The third-order valence-corrected chi connectivity index (χ3v) is 3.62. The lowest BCUT2D eigenvalue weighted by Crippen LogP contribution is -2.14. The summed E-state index contributed by atoms with van der Waals surface area (Å²) in [6, 6.07) is 3.32. The Balaban J connectivity index is 2.13. The second kappa shape index (κ2) is 4.62. The van der Waals surface area contributed by atoms with Crippen LogP contribution in [0.4, 0.5) is 4.39 Å². The first kappa shape index (κ1) is 12.3. The van der Waals surface area contributed by atoms with Crippen molar-refractivity contribution in [2.45, 2.75) is 24.2 Å². The molecule has 4 nitrogen and oxygen atoms in total. The first-order valence-corrected chi connectivity index (χ1v) is 6.96. The molecule has 0 aromatic heterocycles. The van der Waals surface area contributed by atoms with Gasteiger partial charge in [-0.05, 0) is 30.5 Å². The van der Waals surface area contributed by atoms with Crippen LogP contribution in [0.15, 0.2) is 23.1 Å². The van der Waals surface area contributed by atoms with Crippen LogP contribution >= 0.6 is 0 Å². The van der Waals surface area contributed by atoms with Gasteiger partial charge in [-0.2, -0.15) is 0 Å². The number of sulfonamides is 1. The van der Waals surface area contributed by atoms with Gasteiger partial charge in [0.2, 0.25) is 10.0 Å². The Kier molecular flexibility index (Phi) is 3.35. The van der Waals surface area contributed by atoms with Gasteiger partial charge in [0.05, 0.1) is 6.61 Å². The summed E-state index contributed by atoms with van der Waals surface area (Å²) in [7, 11) is -3.96. The fourth-order valence-corrected chi connectivity index (χ4v) is 2.25. The summed E-state index contributed by atoms with van der Waals surface area (Å²) in [5, 5.41) is 5.00. The molecule has 6 heteroatoms. The van der Waals surface area contributed by atoms with Crippen molar-refractivity contribution in [3.63, 3.8) is 0 Å². The summed E-state index contributed by atoms with van der Waals surface area (Å²) >= 11 is 0. The van der Waals surface area contributed by atoms with E-state index in [4.69, 9.17) is 9.88 Å². The molecule has 1 aliphatic carbocycles. The van der Waals surface area contributed by atoms with Crippen LogP contribution in [0.3, 0.4) is 0 Å². The summed E-state index contributed by atoms with van der Waals surface area (Å²) in [5.74, 6) is 0.159. The smallest absolute Gasteiger partial charge is 0.241 e. The molecule has 2 N–H and O–H groups in total. The number of hydrogen-bond donors (Lipinski definition) is 1. The first-order valence-electron chi connectivity index (χ1n) is 5.42. The molecule has 0 atom stereocenters. The number of primary sulfonamides is 1. The third-order valence-electron chi connectivity index (χ3n) is 2.69. The van der Waals surface area contributed by atoms with Crippen LogP contribution in [0.2, 0.25) is 0 Å². The molecule has 0 spiro atoms. The standard InChI is InChI=1S/C11H14FNO3S/c12-9-3-4-10(11(7-9)17(13,14)15)16-6-5-8-1-2-8/h3-4,7-8H,1-2,5-6H2,(H2,13,14,15). The van der Waals surface area contributed by atoms with Gasteiger partial charge in [-0.25, -0.2) is 17.9 Å². The molecule has 1 fully saturated rings. The molecule has 1 saturated carbocycles. The highest BCUT2D eigenvalue weighted by Gasteiger charge is 2.22. The largest absolute Gasteiger partial charge is 0.492 e. The number of nitrogens with two attached hydrogens (primary N) is 1. The maximum Gasteiger partial charge on any atom is 0.241 e. The van der Waals surface area contributed by atoms with E-state index in [9.17, 15) is 12.8 Å². The Hall–Kier alpha value is -1.14. The topological polar surface area (TPSA) is 69.4 Å². The Morgan fingerprint density at radius 2 is 2.12 bits per heavy atom. The van der Waals surface area contributed by atoms with Crippen molar-refractivity contribution in [3.8, 4) is 5.75 Å². The highest BCUT2D eigenvalue weighted by Crippen LogP contribution is 2.32. The minimum absolute atomic E-state index is 0.120. The van der Waals surface area contributed by atoms with Crippen molar-refractivity contribution >= 4 is 10.0 Å². The fraction of sp³-hybridized carbons (Fsp3) is 0.455. The third kappa shape index (κ3) is 3.41.